The Labute approximate surface area is 145 Å². The van der Waals surface area contributed by atoms with Crippen molar-refractivity contribution < 1.29 is 23.8 Å². The summed E-state index contributed by atoms with van der Waals surface area (Å²) in [6.07, 6.45) is 0.449. The van der Waals surface area contributed by atoms with Crippen molar-refractivity contribution in [2.45, 2.75) is 25.9 Å². The lowest BCUT2D eigenvalue weighted by molar-refractivity contribution is -0.138. The van der Waals surface area contributed by atoms with Gasteiger partial charge in [-0.1, -0.05) is 30.3 Å². The molecule has 0 aliphatic carbocycles. The molecule has 0 heterocycles. The largest absolute Gasteiger partial charge is 0.489 e. The van der Waals surface area contributed by atoms with Gasteiger partial charge in [0.25, 0.3) is 0 Å². The Hall–Kier alpha value is -2.89. The number of rotatable bonds is 9. The van der Waals surface area contributed by atoms with Crippen LogP contribution in [0.5, 0.6) is 5.75 Å². The van der Waals surface area contributed by atoms with E-state index in [0.29, 0.717) is 24.3 Å². The summed E-state index contributed by atoms with van der Waals surface area (Å²) in [5.74, 6) is -0.913. The number of hydrogen-bond acceptors (Lipinski definition) is 3. The Morgan fingerprint density at radius 3 is 2.44 bits per heavy atom. The smallest absolute Gasteiger partial charge is 0.303 e. The average molecular weight is 345 g/mol. The SMILES string of the molecule is O=C(O)CCC(=O)NCCc1ccc(OCc2ccccc2F)cc1. The Balaban J connectivity index is 1.73. The number of nitrogens with one attached hydrogen (secondary N) is 1. The van der Waals surface area contributed by atoms with Gasteiger partial charge in [0.1, 0.15) is 18.2 Å². The van der Waals surface area contributed by atoms with Gasteiger partial charge in [-0.05, 0) is 30.2 Å². The number of ether oxygens (including phenoxy) is 1. The number of carboxylic acids is 1. The number of amides is 1. The highest BCUT2D eigenvalue weighted by molar-refractivity contribution is 5.80. The molecule has 0 spiro atoms. The second kappa shape index (κ2) is 9.42. The lowest BCUT2D eigenvalue weighted by atomic mass is 10.1. The molecule has 0 saturated carbocycles. The monoisotopic (exact) mass is 345 g/mol. The van der Waals surface area contributed by atoms with Crippen molar-refractivity contribution in [2.75, 3.05) is 6.54 Å². The minimum Gasteiger partial charge on any atom is -0.489 e. The molecular formula is C19H20FNO4. The zero-order valence-corrected chi connectivity index (χ0v) is 13.7. The molecular weight excluding hydrogens is 325 g/mol. The van der Waals surface area contributed by atoms with E-state index in [1.165, 1.54) is 6.07 Å². The summed E-state index contributed by atoms with van der Waals surface area (Å²) in [7, 11) is 0. The lowest BCUT2D eigenvalue weighted by Crippen LogP contribution is -2.25. The van der Waals surface area contributed by atoms with E-state index in [9.17, 15) is 14.0 Å². The molecule has 132 valence electrons. The molecule has 2 aromatic rings. The van der Waals surface area contributed by atoms with E-state index in [1.54, 1.807) is 30.3 Å². The van der Waals surface area contributed by atoms with Gasteiger partial charge in [0, 0.05) is 18.5 Å². The van der Waals surface area contributed by atoms with E-state index >= 15 is 0 Å². The third-order valence-corrected chi connectivity index (χ3v) is 3.58. The van der Waals surface area contributed by atoms with E-state index in [1.807, 2.05) is 12.1 Å². The number of carbonyl (C=O) groups is 2. The summed E-state index contributed by atoms with van der Waals surface area (Å²) in [6, 6.07) is 13.8. The minimum atomic E-state index is -0.985. The van der Waals surface area contributed by atoms with Gasteiger partial charge in [-0.25, -0.2) is 4.39 Å². The van der Waals surface area contributed by atoms with Gasteiger partial charge < -0.3 is 15.2 Å². The van der Waals surface area contributed by atoms with Crippen LogP contribution in [0.3, 0.4) is 0 Å². The van der Waals surface area contributed by atoms with Crippen LogP contribution >= 0.6 is 0 Å². The number of carboxylic acid groups (broad SMARTS) is 1. The maximum atomic E-state index is 13.5. The van der Waals surface area contributed by atoms with Crippen LogP contribution in [-0.2, 0) is 22.6 Å². The molecule has 5 nitrogen and oxygen atoms in total. The molecule has 6 heteroatoms. The second-order valence-electron chi connectivity index (χ2n) is 5.52. The summed E-state index contributed by atoms with van der Waals surface area (Å²) in [6.45, 7) is 0.597. The first-order chi connectivity index (χ1) is 12.0. The van der Waals surface area contributed by atoms with Crippen molar-refractivity contribution in [1.29, 1.82) is 0 Å². The molecule has 0 aliphatic rings. The first kappa shape index (κ1) is 18.4. The quantitative estimate of drug-likeness (QED) is 0.733. The van der Waals surface area contributed by atoms with E-state index < -0.39 is 5.97 Å². The minimum absolute atomic E-state index is 0.0157. The fraction of sp³-hybridized carbons (Fsp3) is 0.263. The molecule has 25 heavy (non-hydrogen) atoms. The van der Waals surface area contributed by atoms with Crippen molar-refractivity contribution in [3.05, 3.63) is 65.5 Å². The van der Waals surface area contributed by atoms with Crippen LogP contribution in [0.15, 0.2) is 48.5 Å². The Kier molecular flexibility index (Phi) is 6.95. The fourth-order valence-corrected chi connectivity index (χ4v) is 2.18. The van der Waals surface area contributed by atoms with Gasteiger partial charge >= 0.3 is 5.97 Å². The first-order valence-electron chi connectivity index (χ1n) is 7.98. The average Bonchev–Trinajstić information content (AvgIpc) is 2.60. The summed E-state index contributed by atoms with van der Waals surface area (Å²) in [4.78, 5) is 21.8. The van der Waals surface area contributed by atoms with Gasteiger partial charge in [0.2, 0.25) is 5.91 Å². The molecule has 2 rings (SSSR count). The molecule has 0 saturated heterocycles. The normalized spacial score (nSPS) is 10.3. The standard InChI is InChI=1S/C19H20FNO4/c20-17-4-2-1-3-15(17)13-25-16-7-5-14(6-8-16)11-12-21-18(22)9-10-19(23)24/h1-8H,9-13H2,(H,21,22)(H,23,24). The number of hydrogen-bond donors (Lipinski definition) is 2. The van der Waals surface area contributed by atoms with Crippen molar-refractivity contribution in [3.8, 4) is 5.75 Å². The third kappa shape index (κ3) is 6.63. The molecule has 2 aromatic carbocycles. The maximum Gasteiger partial charge on any atom is 0.303 e. The van der Waals surface area contributed by atoms with Crippen LogP contribution in [0, 0.1) is 5.82 Å². The maximum absolute atomic E-state index is 13.5. The summed E-state index contributed by atoms with van der Waals surface area (Å²) in [5.41, 5.74) is 1.51. The van der Waals surface area contributed by atoms with E-state index in [0.717, 1.165) is 5.56 Å². The second-order valence-corrected chi connectivity index (χ2v) is 5.52. The van der Waals surface area contributed by atoms with Crippen LogP contribution < -0.4 is 10.1 Å². The highest BCUT2D eigenvalue weighted by atomic mass is 19.1. The van der Waals surface area contributed by atoms with E-state index in [-0.39, 0.29) is 31.2 Å². The molecule has 0 atom stereocenters. The number of halogens is 1. The van der Waals surface area contributed by atoms with Crippen LogP contribution in [0.2, 0.25) is 0 Å². The topological polar surface area (TPSA) is 75.6 Å². The molecule has 0 radical (unpaired) electrons. The van der Waals surface area contributed by atoms with Crippen LogP contribution in [0.4, 0.5) is 4.39 Å². The zero-order chi connectivity index (χ0) is 18.1. The molecule has 0 aliphatic heterocycles. The van der Waals surface area contributed by atoms with Crippen molar-refractivity contribution >= 4 is 11.9 Å². The number of aliphatic carboxylic acids is 1. The van der Waals surface area contributed by atoms with Gasteiger partial charge in [-0.3, -0.25) is 9.59 Å². The van der Waals surface area contributed by atoms with Crippen LogP contribution in [0.1, 0.15) is 24.0 Å². The highest BCUT2D eigenvalue weighted by Gasteiger charge is 2.05. The van der Waals surface area contributed by atoms with Crippen molar-refractivity contribution in [1.82, 2.24) is 5.32 Å². The van der Waals surface area contributed by atoms with Crippen molar-refractivity contribution in [3.63, 3.8) is 0 Å². The molecule has 0 bridgehead atoms. The Bertz CT molecular complexity index is 716. The van der Waals surface area contributed by atoms with Crippen LogP contribution in [0.25, 0.3) is 0 Å². The summed E-state index contributed by atoms with van der Waals surface area (Å²) < 4.78 is 19.1. The Morgan fingerprint density at radius 1 is 1.04 bits per heavy atom. The predicted octanol–water partition coefficient (Wildman–Crippen LogP) is 2.93. The summed E-state index contributed by atoms with van der Waals surface area (Å²) in [5, 5.41) is 11.2. The first-order valence-corrected chi connectivity index (χ1v) is 7.98. The lowest BCUT2D eigenvalue weighted by Gasteiger charge is -2.08. The van der Waals surface area contributed by atoms with E-state index in [4.69, 9.17) is 9.84 Å². The van der Waals surface area contributed by atoms with Gasteiger partial charge in [-0.2, -0.15) is 0 Å². The third-order valence-electron chi connectivity index (χ3n) is 3.58. The van der Waals surface area contributed by atoms with Gasteiger partial charge in [-0.15, -0.1) is 0 Å². The van der Waals surface area contributed by atoms with Crippen molar-refractivity contribution in [2.24, 2.45) is 0 Å². The number of carbonyl (C=O) groups excluding carboxylic acids is 1. The molecule has 1 amide bonds. The Morgan fingerprint density at radius 2 is 1.76 bits per heavy atom. The fourth-order valence-electron chi connectivity index (χ4n) is 2.18. The number of benzene rings is 2. The molecule has 0 unspecified atom stereocenters. The summed E-state index contributed by atoms with van der Waals surface area (Å²) >= 11 is 0. The van der Waals surface area contributed by atoms with Gasteiger partial charge in [0.15, 0.2) is 0 Å². The molecule has 2 N–H and O–H groups in total. The van der Waals surface area contributed by atoms with E-state index in [2.05, 4.69) is 5.32 Å². The van der Waals surface area contributed by atoms with Crippen LogP contribution in [-0.4, -0.2) is 23.5 Å². The highest BCUT2D eigenvalue weighted by Crippen LogP contribution is 2.15. The molecule has 0 fully saturated rings. The zero-order valence-electron chi connectivity index (χ0n) is 13.7. The van der Waals surface area contributed by atoms with Gasteiger partial charge in [0.05, 0.1) is 6.42 Å². The predicted molar refractivity (Wildman–Crippen MR) is 90.8 cm³/mol. The molecule has 0 aromatic heterocycles.